The molecule has 2 aliphatic heterocycles. The van der Waals surface area contributed by atoms with Gasteiger partial charge in [-0.05, 0) is 62.4 Å². The van der Waals surface area contributed by atoms with Crippen LogP contribution in [-0.2, 0) is 23.3 Å². The molecule has 1 aliphatic carbocycles. The minimum Gasteiger partial charge on any atom is -0.475 e. The number of piperidine rings is 1. The minimum absolute atomic E-state index is 0.0356. The van der Waals surface area contributed by atoms with Gasteiger partial charge in [-0.15, -0.1) is 0 Å². The Balaban J connectivity index is 0.000000364. The van der Waals surface area contributed by atoms with Gasteiger partial charge in [-0.25, -0.2) is 9.18 Å². The van der Waals surface area contributed by atoms with Crippen molar-refractivity contribution in [1.82, 2.24) is 19.6 Å². The van der Waals surface area contributed by atoms with E-state index in [0.717, 1.165) is 68.3 Å². The van der Waals surface area contributed by atoms with Crippen LogP contribution in [0.4, 0.5) is 17.6 Å². The predicted molar refractivity (Wildman–Crippen MR) is 118 cm³/mol. The van der Waals surface area contributed by atoms with Crippen LogP contribution in [0.1, 0.15) is 47.3 Å². The van der Waals surface area contributed by atoms with Crippen LogP contribution < -0.4 is 0 Å². The molecule has 0 atom stereocenters. The molecule has 1 saturated carbocycles. The molecule has 0 bridgehead atoms. The maximum atomic E-state index is 13.1. The Hall–Kier alpha value is -2.95. The molecule has 1 aromatic heterocycles. The van der Waals surface area contributed by atoms with E-state index in [1.165, 1.54) is 25.0 Å². The number of aromatic nitrogens is 2. The molecule has 1 amide bonds. The lowest BCUT2D eigenvalue weighted by Crippen LogP contribution is -2.53. The summed E-state index contributed by atoms with van der Waals surface area (Å²) in [6.45, 7) is 4.47. The first kappa shape index (κ1) is 25.2. The van der Waals surface area contributed by atoms with E-state index in [4.69, 9.17) is 15.0 Å². The van der Waals surface area contributed by atoms with Crippen molar-refractivity contribution in [3.63, 3.8) is 0 Å². The first-order valence-corrected chi connectivity index (χ1v) is 11.6. The van der Waals surface area contributed by atoms with E-state index in [-0.39, 0.29) is 17.1 Å². The van der Waals surface area contributed by atoms with Crippen LogP contribution in [0.25, 0.3) is 0 Å². The molecule has 7 nitrogen and oxygen atoms in total. The molecule has 2 aromatic rings. The number of halogens is 4. The summed E-state index contributed by atoms with van der Waals surface area (Å²) in [5, 5.41) is 12.0. The average Bonchev–Trinajstić information content (AvgIpc) is 3.50. The molecule has 0 unspecified atom stereocenters. The van der Waals surface area contributed by atoms with Gasteiger partial charge in [-0.3, -0.25) is 14.4 Å². The zero-order chi connectivity index (χ0) is 25.4. The molecule has 3 heterocycles. The number of carbonyl (C=O) groups excluding carboxylic acids is 1. The minimum atomic E-state index is -5.08. The number of hydrogen-bond donors (Lipinski definition) is 1. The van der Waals surface area contributed by atoms with Gasteiger partial charge in [0.25, 0.3) is 5.91 Å². The zero-order valence-electron chi connectivity index (χ0n) is 19.4. The van der Waals surface area contributed by atoms with E-state index in [1.807, 2.05) is 35.0 Å². The molecule has 11 heteroatoms. The van der Waals surface area contributed by atoms with Crippen molar-refractivity contribution in [2.24, 2.45) is 5.92 Å². The number of likely N-dealkylation sites (tertiary alicyclic amines) is 1. The number of carbonyl (C=O) groups is 2. The van der Waals surface area contributed by atoms with Crippen LogP contribution in [0.5, 0.6) is 0 Å². The van der Waals surface area contributed by atoms with Crippen LogP contribution in [0, 0.1) is 11.7 Å². The maximum Gasteiger partial charge on any atom is 0.490 e. The smallest absolute Gasteiger partial charge is 0.475 e. The molecule has 3 aliphatic rings. The number of carboxylic acids is 1. The third-order valence-electron chi connectivity index (χ3n) is 6.90. The number of aliphatic carboxylic acids is 1. The maximum absolute atomic E-state index is 13.1. The van der Waals surface area contributed by atoms with E-state index >= 15 is 0 Å². The quantitative estimate of drug-likeness (QED) is 0.654. The summed E-state index contributed by atoms with van der Waals surface area (Å²) in [5.74, 6) is -2.10. The standard InChI is InChI=1S/C22H27FN4O.C2HF3O2/c1-25-15-22(20-19(21(25)28)14-27(24-20)13-17-2-3-17)8-10-26(11-9-22)12-16-4-6-18(23)7-5-16;3-2(4,5)1(6)7/h4-7,14,17H,2-3,8-13,15H2,1H3;(H,6,7). The Morgan fingerprint density at radius 2 is 1.77 bits per heavy atom. The third kappa shape index (κ3) is 5.83. The summed E-state index contributed by atoms with van der Waals surface area (Å²) >= 11 is 0. The second kappa shape index (κ2) is 9.60. The lowest BCUT2D eigenvalue weighted by atomic mass is 9.72. The second-order valence-corrected chi connectivity index (χ2v) is 9.70. The lowest BCUT2D eigenvalue weighted by Gasteiger charge is -2.45. The van der Waals surface area contributed by atoms with E-state index in [1.54, 1.807) is 0 Å². The van der Waals surface area contributed by atoms with Crippen molar-refractivity contribution in [3.05, 3.63) is 53.1 Å². The van der Waals surface area contributed by atoms with Crippen LogP contribution in [0.2, 0.25) is 0 Å². The normalized spacial score (nSPS) is 19.8. The van der Waals surface area contributed by atoms with E-state index < -0.39 is 12.1 Å². The van der Waals surface area contributed by atoms with E-state index in [2.05, 4.69) is 4.90 Å². The predicted octanol–water partition coefficient (Wildman–Crippen LogP) is 3.68. The van der Waals surface area contributed by atoms with Gasteiger partial charge in [-0.1, -0.05) is 12.1 Å². The average molecular weight is 497 g/mol. The number of rotatable bonds is 4. The summed E-state index contributed by atoms with van der Waals surface area (Å²) in [6, 6.07) is 6.79. The Labute approximate surface area is 200 Å². The zero-order valence-corrected chi connectivity index (χ0v) is 19.4. The van der Waals surface area contributed by atoms with Crippen LogP contribution in [0.15, 0.2) is 30.5 Å². The fraction of sp³-hybridized carbons (Fsp3) is 0.542. The van der Waals surface area contributed by atoms with Gasteiger partial charge in [0, 0.05) is 38.3 Å². The number of likely N-dealkylation sites (N-methyl/N-ethyl adjacent to an activating group) is 1. The van der Waals surface area contributed by atoms with E-state index in [0.29, 0.717) is 0 Å². The molecular formula is C24H28F4N4O3. The Bertz CT molecular complexity index is 1070. The monoisotopic (exact) mass is 496 g/mol. The molecule has 5 rings (SSSR count). The first-order chi connectivity index (χ1) is 16.5. The summed E-state index contributed by atoms with van der Waals surface area (Å²) < 4.78 is 46.9. The fourth-order valence-electron chi connectivity index (χ4n) is 4.82. The summed E-state index contributed by atoms with van der Waals surface area (Å²) in [5.41, 5.74) is 2.94. The molecule has 2 fully saturated rings. The van der Waals surface area contributed by atoms with Gasteiger partial charge in [0.15, 0.2) is 0 Å². The van der Waals surface area contributed by atoms with Crippen molar-refractivity contribution >= 4 is 11.9 Å². The Kier molecular flexibility index (Phi) is 6.90. The second-order valence-electron chi connectivity index (χ2n) is 9.70. The molecule has 1 spiro atoms. The summed E-state index contributed by atoms with van der Waals surface area (Å²) in [7, 11) is 1.91. The highest BCUT2D eigenvalue weighted by atomic mass is 19.4. The van der Waals surface area contributed by atoms with Gasteiger partial charge < -0.3 is 10.0 Å². The Morgan fingerprint density at radius 3 is 2.31 bits per heavy atom. The fourth-order valence-corrected chi connectivity index (χ4v) is 4.82. The molecule has 1 N–H and O–H groups in total. The number of nitrogens with zero attached hydrogens (tertiary/aromatic N) is 4. The first-order valence-electron chi connectivity index (χ1n) is 11.6. The van der Waals surface area contributed by atoms with Crippen molar-refractivity contribution in [3.8, 4) is 0 Å². The lowest BCUT2D eigenvalue weighted by molar-refractivity contribution is -0.192. The topological polar surface area (TPSA) is 78.7 Å². The van der Waals surface area contributed by atoms with Gasteiger partial charge in [-0.2, -0.15) is 18.3 Å². The van der Waals surface area contributed by atoms with Crippen molar-refractivity contribution in [2.45, 2.75) is 50.4 Å². The highest BCUT2D eigenvalue weighted by molar-refractivity contribution is 5.96. The van der Waals surface area contributed by atoms with Crippen molar-refractivity contribution in [2.75, 3.05) is 26.7 Å². The molecule has 0 radical (unpaired) electrons. The van der Waals surface area contributed by atoms with Gasteiger partial charge in [0.05, 0.1) is 11.3 Å². The molecule has 1 saturated heterocycles. The number of carboxylic acid groups (broad SMARTS) is 1. The van der Waals surface area contributed by atoms with Gasteiger partial charge >= 0.3 is 12.1 Å². The molecule has 1 aromatic carbocycles. The highest BCUT2D eigenvalue weighted by Crippen LogP contribution is 2.41. The molecule has 190 valence electrons. The van der Waals surface area contributed by atoms with Crippen molar-refractivity contribution < 1.29 is 32.3 Å². The van der Waals surface area contributed by atoms with Gasteiger partial charge in [0.1, 0.15) is 5.82 Å². The van der Waals surface area contributed by atoms with Crippen LogP contribution in [-0.4, -0.2) is 69.4 Å². The molecular weight excluding hydrogens is 468 g/mol. The van der Waals surface area contributed by atoms with Crippen molar-refractivity contribution in [1.29, 1.82) is 0 Å². The van der Waals surface area contributed by atoms with Gasteiger partial charge in [0.2, 0.25) is 0 Å². The number of alkyl halides is 3. The largest absolute Gasteiger partial charge is 0.490 e. The number of benzene rings is 1. The number of amides is 1. The number of fused-ring (bicyclic) bond motifs is 2. The SMILES string of the molecule is CN1CC2(CCN(Cc3ccc(F)cc3)CC2)c2nn(CC3CC3)cc2C1=O.O=C(O)C(F)(F)F. The van der Waals surface area contributed by atoms with Crippen LogP contribution >= 0.6 is 0 Å². The Morgan fingerprint density at radius 1 is 1.17 bits per heavy atom. The summed E-state index contributed by atoms with van der Waals surface area (Å²) in [4.78, 5) is 25.9. The summed E-state index contributed by atoms with van der Waals surface area (Å²) in [6.07, 6.45) is 1.46. The van der Waals surface area contributed by atoms with Crippen LogP contribution in [0.3, 0.4) is 0 Å². The molecule has 35 heavy (non-hydrogen) atoms. The highest BCUT2D eigenvalue weighted by Gasteiger charge is 2.46. The number of hydrogen-bond acceptors (Lipinski definition) is 4. The van der Waals surface area contributed by atoms with E-state index in [9.17, 15) is 22.4 Å². The third-order valence-corrected chi connectivity index (χ3v) is 6.90.